The van der Waals surface area contributed by atoms with Crippen LogP contribution in [0.3, 0.4) is 0 Å². The number of nitrogens with one attached hydrogen (secondary N) is 1. The predicted molar refractivity (Wildman–Crippen MR) is 70.0 cm³/mol. The van der Waals surface area contributed by atoms with Gasteiger partial charge in [0.2, 0.25) is 0 Å². The lowest BCUT2D eigenvalue weighted by molar-refractivity contribution is -0.0521. The Kier molecular flexibility index (Phi) is 3.41. The van der Waals surface area contributed by atoms with Crippen LogP contribution in [0.5, 0.6) is 0 Å². The number of aromatic nitrogens is 2. The van der Waals surface area contributed by atoms with Gasteiger partial charge < -0.3 is 14.5 Å². The molecule has 0 bridgehead atoms. The molecule has 104 valence electrons. The van der Waals surface area contributed by atoms with Crippen LogP contribution in [0, 0.1) is 0 Å². The van der Waals surface area contributed by atoms with E-state index in [1.165, 1.54) is 6.42 Å². The normalized spacial score (nSPS) is 21.9. The highest BCUT2D eigenvalue weighted by Gasteiger charge is 2.37. The molecule has 1 fully saturated rings. The van der Waals surface area contributed by atoms with Gasteiger partial charge in [-0.1, -0.05) is 19.3 Å². The number of fused-ring (bicyclic) bond motifs is 1. The molecule has 0 atom stereocenters. The Morgan fingerprint density at radius 1 is 1.32 bits per heavy atom. The van der Waals surface area contributed by atoms with Gasteiger partial charge in [-0.05, 0) is 12.8 Å². The summed E-state index contributed by atoms with van der Waals surface area (Å²) in [7, 11) is 1.72. The second kappa shape index (κ2) is 5.06. The molecule has 0 spiro atoms. The van der Waals surface area contributed by atoms with Crippen molar-refractivity contribution in [1.82, 2.24) is 9.97 Å². The zero-order valence-electron chi connectivity index (χ0n) is 11.3. The number of rotatable bonds is 2. The fourth-order valence-electron chi connectivity index (χ4n) is 3.12. The maximum absolute atomic E-state index is 12.2. The first kappa shape index (κ1) is 12.8. The van der Waals surface area contributed by atoms with Crippen LogP contribution in [-0.4, -0.2) is 23.7 Å². The monoisotopic (exact) mass is 264 g/mol. The average molecular weight is 264 g/mol. The van der Waals surface area contributed by atoms with Crippen molar-refractivity contribution in [1.29, 1.82) is 0 Å². The van der Waals surface area contributed by atoms with Gasteiger partial charge >= 0.3 is 0 Å². The smallest absolute Gasteiger partial charge is 0.256 e. The van der Waals surface area contributed by atoms with Crippen LogP contribution in [0.1, 0.15) is 49.2 Å². The van der Waals surface area contributed by atoms with E-state index < -0.39 is 5.60 Å². The van der Waals surface area contributed by atoms with Crippen LogP contribution in [0.25, 0.3) is 0 Å². The fraction of sp³-hybridized carbons (Fsp3) is 0.714. The van der Waals surface area contributed by atoms with E-state index in [2.05, 4.69) is 9.97 Å². The Bertz CT molecular complexity index is 518. The Hall–Kier alpha value is -1.20. The van der Waals surface area contributed by atoms with Crippen molar-refractivity contribution in [3.63, 3.8) is 0 Å². The summed E-state index contributed by atoms with van der Waals surface area (Å²) in [6, 6.07) is 0. The molecule has 0 saturated heterocycles. The van der Waals surface area contributed by atoms with Crippen molar-refractivity contribution < 1.29 is 9.47 Å². The quantitative estimate of drug-likeness (QED) is 0.882. The van der Waals surface area contributed by atoms with Gasteiger partial charge in [0.05, 0.1) is 24.5 Å². The van der Waals surface area contributed by atoms with E-state index in [4.69, 9.17) is 9.47 Å². The molecule has 19 heavy (non-hydrogen) atoms. The van der Waals surface area contributed by atoms with E-state index in [0.29, 0.717) is 31.0 Å². The minimum Gasteiger partial charge on any atom is -0.376 e. The number of H-pyrrole nitrogens is 1. The average Bonchev–Trinajstić information content (AvgIpc) is 2.48. The van der Waals surface area contributed by atoms with Gasteiger partial charge in [0, 0.05) is 13.5 Å². The molecule has 0 aromatic carbocycles. The third kappa shape index (κ3) is 2.21. The maximum Gasteiger partial charge on any atom is 0.256 e. The Labute approximate surface area is 112 Å². The first-order chi connectivity index (χ1) is 9.25. The lowest BCUT2D eigenvalue weighted by atomic mass is 9.83. The zero-order valence-corrected chi connectivity index (χ0v) is 11.3. The maximum atomic E-state index is 12.2. The Morgan fingerprint density at radius 3 is 2.84 bits per heavy atom. The third-order valence-electron chi connectivity index (χ3n) is 4.31. The lowest BCUT2D eigenvalue weighted by Gasteiger charge is -2.35. The molecule has 1 aliphatic heterocycles. The fourth-order valence-corrected chi connectivity index (χ4v) is 3.12. The number of aromatic amines is 1. The first-order valence-electron chi connectivity index (χ1n) is 7.01. The van der Waals surface area contributed by atoms with Crippen molar-refractivity contribution in [2.24, 2.45) is 0 Å². The van der Waals surface area contributed by atoms with Crippen LogP contribution >= 0.6 is 0 Å². The van der Waals surface area contributed by atoms with Gasteiger partial charge in [-0.2, -0.15) is 0 Å². The molecule has 1 saturated carbocycles. The minimum absolute atomic E-state index is 0.0679. The molecule has 5 heteroatoms. The molecule has 2 heterocycles. The van der Waals surface area contributed by atoms with Crippen LogP contribution < -0.4 is 5.56 Å². The van der Waals surface area contributed by atoms with Gasteiger partial charge in [0.15, 0.2) is 0 Å². The largest absolute Gasteiger partial charge is 0.376 e. The van der Waals surface area contributed by atoms with Crippen LogP contribution in [0.4, 0.5) is 0 Å². The van der Waals surface area contributed by atoms with Crippen LogP contribution in [0.15, 0.2) is 4.79 Å². The van der Waals surface area contributed by atoms with E-state index in [0.717, 1.165) is 31.4 Å². The van der Waals surface area contributed by atoms with E-state index >= 15 is 0 Å². The van der Waals surface area contributed by atoms with Gasteiger partial charge in [-0.15, -0.1) is 0 Å². The molecule has 3 rings (SSSR count). The zero-order chi connectivity index (χ0) is 13.3. The molecule has 1 aromatic rings. The number of ether oxygens (including phenoxy) is 2. The number of nitrogens with zero attached hydrogens (tertiary/aromatic N) is 1. The molecule has 1 aromatic heterocycles. The van der Waals surface area contributed by atoms with E-state index in [-0.39, 0.29) is 5.56 Å². The van der Waals surface area contributed by atoms with Crippen molar-refractivity contribution >= 4 is 0 Å². The summed E-state index contributed by atoms with van der Waals surface area (Å²) in [5.74, 6) is 0.709. The molecular formula is C14H20N2O3. The van der Waals surface area contributed by atoms with Crippen molar-refractivity contribution in [3.05, 3.63) is 27.4 Å². The first-order valence-corrected chi connectivity index (χ1v) is 7.01. The van der Waals surface area contributed by atoms with Gasteiger partial charge in [-0.25, -0.2) is 4.98 Å². The summed E-state index contributed by atoms with van der Waals surface area (Å²) in [6.45, 7) is 1.01. The second-order valence-electron chi connectivity index (χ2n) is 5.40. The molecule has 1 aliphatic carbocycles. The van der Waals surface area contributed by atoms with Crippen molar-refractivity contribution in [2.75, 3.05) is 13.7 Å². The van der Waals surface area contributed by atoms with Crippen LogP contribution in [0.2, 0.25) is 0 Å². The van der Waals surface area contributed by atoms with Gasteiger partial charge in [0.25, 0.3) is 5.56 Å². The minimum atomic E-state index is -0.398. The van der Waals surface area contributed by atoms with Crippen LogP contribution in [-0.2, 0) is 28.1 Å². The summed E-state index contributed by atoms with van der Waals surface area (Å²) >= 11 is 0. The highest BCUT2D eigenvalue weighted by atomic mass is 16.5. The number of hydrogen-bond acceptors (Lipinski definition) is 4. The van der Waals surface area contributed by atoms with E-state index in [9.17, 15) is 4.79 Å². The third-order valence-corrected chi connectivity index (χ3v) is 4.31. The second-order valence-corrected chi connectivity index (χ2v) is 5.40. The molecule has 0 unspecified atom stereocenters. The SMILES string of the molecule is COC1(c2nc3c(c(=O)[nH]2)COCC3)CCCCC1. The summed E-state index contributed by atoms with van der Waals surface area (Å²) < 4.78 is 11.1. The van der Waals surface area contributed by atoms with Crippen molar-refractivity contribution in [3.8, 4) is 0 Å². The summed E-state index contributed by atoms with van der Waals surface area (Å²) in [4.78, 5) is 19.8. The Morgan fingerprint density at radius 2 is 2.11 bits per heavy atom. The van der Waals surface area contributed by atoms with Gasteiger partial charge in [-0.3, -0.25) is 4.79 Å². The van der Waals surface area contributed by atoms with E-state index in [1.54, 1.807) is 7.11 Å². The predicted octanol–water partition coefficient (Wildman–Crippen LogP) is 1.65. The van der Waals surface area contributed by atoms with E-state index in [1.807, 2.05) is 0 Å². The molecule has 1 N–H and O–H groups in total. The number of hydrogen-bond donors (Lipinski definition) is 1. The topological polar surface area (TPSA) is 64.2 Å². The molecule has 0 radical (unpaired) electrons. The molecular weight excluding hydrogens is 244 g/mol. The molecule has 0 amide bonds. The number of methoxy groups -OCH3 is 1. The summed E-state index contributed by atoms with van der Waals surface area (Å²) in [6.07, 6.45) is 6.05. The standard InChI is InChI=1S/C14H20N2O3/c1-18-14(6-3-2-4-7-14)13-15-11-5-8-19-9-10(11)12(17)16-13/h2-9H2,1H3,(H,15,16,17). The molecule has 5 nitrogen and oxygen atoms in total. The highest BCUT2D eigenvalue weighted by molar-refractivity contribution is 5.21. The Balaban J connectivity index is 2.04. The lowest BCUT2D eigenvalue weighted by Crippen LogP contribution is -2.37. The summed E-state index contributed by atoms with van der Waals surface area (Å²) in [5, 5.41) is 0. The van der Waals surface area contributed by atoms with Crippen molar-refractivity contribution in [2.45, 2.75) is 50.7 Å². The van der Waals surface area contributed by atoms with Gasteiger partial charge in [0.1, 0.15) is 11.4 Å². The highest BCUT2D eigenvalue weighted by Crippen LogP contribution is 2.38. The summed E-state index contributed by atoms with van der Waals surface area (Å²) in [5.41, 5.74) is 1.09. The molecule has 2 aliphatic rings.